The number of aliphatic imine (C=N–C) groups is 1. The second-order valence-corrected chi connectivity index (χ2v) is 6.92. The molecule has 1 aliphatic rings. The third-order valence-corrected chi connectivity index (χ3v) is 4.86. The van der Waals surface area contributed by atoms with Gasteiger partial charge in [-0.05, 0) is 23.8 Å². The highest BCUT2D eigenvalue weighted by atomic mass is 19.1. The molecule has 1 fully saturated rings. The highest BCUT2D eigenvalue weighted by Gasteiger charge is 2.21. The topological polar surface area (TPSA) is 106 Å². The average molecular weight is 415 g/mol. The lowest BCUT2D eigenvalue weighted by Gasteiger charge is -2.37. The number of ether oxygens (including phenoxy) is 2. The number of halogens is 1. The summed E-state index contributed by atoms with van der Waals surface area (Å²) in [6.07, 6.45) is -0.954. The van der Waals surface area contributed by atoms with Crippen LogP contribution in [0.4, 0.5) is 20.6 Å². The number of hydrogen-bond donors (Lipinski definition) is 2. The molecule has 0 unspecified atom stereocenters. The smallest absolute Gasteiger partial charge is 0.437 e. The fourth-order valence-corrected chi connectivity index (χ4v) is 3.37. The minimum absolute atomic E-state index is 0.247. The Morgan fingerprint density at radius 3 is 2.33 bits per heavy atom. The maximum atomic E-state index is 15.0. The van der Waals surface area contributed by atoms with Crippen molar-refractivity contribution in [2.45, 2.75) is 13.2 Å². The van der Waals surface area contributed by atoms with Gasteiger partial charge in [0.15, 0.2) is 11.8 Å². The maximum absolute atomic E-state index is 15.0. The largest absolute Gasteiger partial charge is 0.443 e. The number of methoxy groups -OCH3 is 1. The van der Waals surface area contributed by atoms with Crippen LogP contribution in [0, 0.1) is 5.82 Å². The number of nitrogens with two attached hydrogens (primary N) is 2. The fraction of sp³-hybridized carbons (Fsp3) is 0.333. The summed E-state index contributed by atoms with van der Waals surface area (Å²) in [5, 5.41) is 0. The quantitative estimate of drug-likeness (QED) is 0.550. The van der Waals surface area contributed by atoms with Crippen LogP contribution in [0.3, 0.4) is 0 Å². The molecule has 160 valence electrons. The van der Waals surface area contributed by atoms with Gasteiger partial charge in [-0.3, -0.25) is 0 Å². The molecule has 9 heteroatoms. The summed E-state index contributed by atoms with van der Waals surface area (Å²) in [5.41, 5.74) is 13.3. The zero-order valence-corrected chi connectivity index (χ0v) is 16.9. The minimum Gasteiger partial charge on any atom is -0.443 e. The molecule has 0 saturated carbocycles. The second-order valence-electron chi connectivity index (χ2n) is 6.92. The molecule has 0 radical (unpaired) electrons. The van der Waals surface area contributed by atoms with Gasteiger partial charge < -0.3 is 30.7 Å². The number of nitrogens with zero attached hydrogens (tertiary/aromatic N) is 3. The third-order valence-electron chi connectivity index (χ3n) is 4.86. The molecular weight excluding hydrogens is 389 g/mol. The number of hydrogen-bond acceptors (Lipinski definition) is 5. The first kappa shape index (κ1) is 21.4. The molecule has 1 saturated heterocycles. The van der Waals surface area contributed by atoms with Crippen molar-refractivity contribution in [3.05, 3.63) is 59.4 Å². The van der Waals surface area contributed by atoms with Crippen molar-refractivity contribution in [3.63, 3.8) is 0 Å². The highest BCUT2D eigenvalue weighted by Crippen LogP contribution is 2.26. The summed E-state index contributed by atoms with van der Waals surface area (Å²) in [6, 6.07) is 13.3. The zero-order chi connectivity index (χ0) is 21.5. The Morgan fingerprint density at radius 1 is 1.03 bits per heavy atom. The Bertz CT molecular complexity index is 892. The van der Waals surface area contributed by atoms with Crippen molar-refractivity contribution < 1.29 is 18.7 Å². The van der Waals surface area contributed by atoms with Gasteiger partial charge in [-0.25, -0.2) is 9.18 Å². The fourth-order valence-electron chi connectivity index (χ4n) is 3.37. The van der Waals surface area contributed by atoms with E-state index >= 15 is 0 Å². The molecular formula is C21H26FN5O3. The molecule has 0 spiro atoms. The number of carbonyl (C=O) groups is 1. The van der Waals surface area contributed by atoms with Crippen LogP contribution in [-0.4, -0.2) is 45.3 Å². The second kappa shape index (κ2) is 9.93. The van der Waals surface area contributed by atoms with E-state index in [0.29, 0.717) is 25.4 Å². The summed E-state index contributed by atoms with van der Waals surface area (Å²) >= 11 is 0. The Balaban J connectivity index is 1.61. The lowest BCUT2D eigenvalue weighted by atomic mass is 10.1. The molecule has 1 aliphatic heterocycles. The molecule has 3 rings (SSSR count). The van der Waals surface area contributed by atoms with Crippen LogP contribution in [0.25, 0.3) is 0 Å². The standard InChI is InChI=1S/C21H26FN5O3/c1-29-13-15-5-7-17(8-6-15)26-9-11-27(12-10-26)18-4-2-3-16(19(18)22)14-30-21(28)25-20(23)24/h2-8H,9-14H2,1H3,(H4,23,24,25,28). The number of guanidine groups is 1. The number of benzene rings is 2. The molecule has 1 amide bonds. The van der Waals surface area contributed by atoms with Crippen LogP contribution in [-0.2, 0) is 22.7 Å². The molecule has 4 N–H and O–H groups in total. The van der Waals surface area contributed by atoms with Gasteiger partial charge in [0.25, 0.3) is 0 Å². The van der Waals surface area contributed by atoms with Crippen molar-refractivity contribution in [2.75, 3.05) is 43.1 Å². The average Bonchev–Trinajstić information content (AvgIpc) is 2.73. The van der Waals surface area contributed by atoms with Crippen LogP contribution in [0.1, 0.15) is 11.1 Å². The monoisotopic (exact) mass is 415 g/mol. The first-order valence-corrected chi connectivity index (χ1v) is 9.59. The number of piperazine rings is 1. The summed E-state index contributed by atoms with van der Waals surface area (Å²) in [4.78, 5) is 19.0. The van der Waals surface area contributed by atoms with E-state index in [2.05, 4.69) is 34.2 Å². The van der Waals surface area contributed by atoms with Gasteiger partial charge in [-0.1, -0.05) is 24.3 Å². The Hall–Kier alpha value is -3.33. The van der Waals surface area contributed by atoms with Crippen molar-refractivity contribution in [2.24, 2.45) is 16.5 Å². The lowest BCUT2D eigenvalue weighted by molar-refractivity contribution is 0.149. The first-order valence-electron chi connectivity index (χ1n) is 9.59. The molecule has 1 heterocycles. The van der Waals surface area contributed by atoms with E-state index in [1.54, 1.807) is 25.3 Å². The van der Waals surface area contributed by atoms with Crippen LogP contribution in [0.5, 0.6) is 0 Å². The number of anilines is 2. The van der Waals surface area contributed by atoms with Crippen molar-refractivity contribution >= 4 is 23.4 Å². The van der Waals surface area contributed by atoms with E-state index in [-0.39, 0.29) is 12.2 Å². The lowest BCUT2D eigenvalue weighted by Crippen LogP contribution is -2.46. The van der Waals surface area contributed by atoms with Crippen molar-refractivity contribution in [1.29, 1.82) is 0 Å². The van der Waals surface area contributed by atoms with E-state index in [0.717, 1.165) is 24.3 Å². The van der Waals surface area contributed by atoms with Crippen molar-refractivity contribution in [3.8, 4) is 0 Å². The predicted octanol–water partition coefficient (Wildman–Crippen LogP) is 2.21. The van der Waals surface area contributed by atoms with Crippen LogP contribution < -0.4 is 21.3 Å². The van der Waals surface area contributed by atoms with E-state index in [4.69, 9.17) is 20.9 Å². The predicted molar refractivity (Wildman–Crippen MR) is 114 cm³/mol. The molecule has 2 aromatic rings. The van der Waals surface area contributed by atoms with Gasteiger partial charge in [-0.15, -0.1) is 4.99 Å². The molecule has 0 aromatic heterocycles. The Labute approximate surface area is 174 Å². The number of rotatable bonds is 6. The summed E-state index contributed by atoms with van der Waals surface area (Å²) in [6.45, 7) is 3.23. The SMILES string of the molecule is COCc1ccc(N2CCN(c3cccc(COC(=O)N=C(N)N)c3F)CC2)cc1. The van der Waals surface area contributed by atoms with E-state index in [1.165, 1.54) is 0 Å². The van der Waals surface area contributed by atoms with Gasteiger partial charge in [0.1, 0.15) is 6.61 Å². The Morgan fingerprint density at radius 2 is 1.70 bits per heavy atom. The van der Waals surface area contributed by atoms with Crippen LogP contribution in [0.15, 0.2) is 47.5 Å². The zero-order valence-electron chi connectivity index (χ0n) is 16.9. The van der Waals surface area contributed by atoms with E-state index in [9.17, 15) is 9.18 Å². The minimum atomic E-state index is -0.954. The van der Waals surface area contributed by atoms with Gasteiger partial charge >= 0.3 is 6.09 Å². The first-order chi connectivity index (χ1) is 14.5. The van der Waals surface area contributed by atoms with Gasteiger partial charge in [-0.2, -0.15) is 0 Å². The van der Waals surface area contributed by atoms with Gasteiger partial charge in [0, 0.05) is 44.5 Å². The third kappa shape index (κ3) is 5.38. The number of amides is 1. The molecule has 8 nitrogen and oxygen atoms in total. The summed E-state index contributed by atoms with van der Waals surface area (Å²) in [5.74, 6) is -0.812. The Kier molecular flexibility index (Phi) is 7.08. The molecule has 0 aliphatic carbocycles. The summed E-state index contributed by atoms with van der Waals surface area (Å²) in [7, 11) is 1.68. The van der Waals surface area contributed by atoms with Crippen molar-refractivity contribution in [1.82, 2.24) is 0 Å². The molecule has 0 atom stereocenters. The normalized spacial score (nSPS) is 13.8. The maximum Gasteiger partial charge on any atom is 0.437 e. The van der Waals surface area contributed by atoms with Crippen LogP contribution >= 0.6 is 0 Å². The highest BCUT2D eigenvalue weighted by molar-refractivity contribution is 5.87. The molecule has 0 bridgehead atoms. The van der Waals surface area contributed by atoms with Gasteiger partial charge in [0.2, 0.25) is 0 Å². The van der Waals surface area contributed by atoms with Crippen LogP contribution in [0.2, 0.25) is 0 Å². The molecule has 30 heavy (non-hydrogen) atoms. The molecule has 2 aromatic carbocycles. The summed E-state index contributed by atoms with van der Waals surface area (Å²) < 4.78 is 25.0. The van der Waals surface area contributed by atoms with E-state index in [1.807, 2.05) is 4.90 Å². The number of carbonyl (C=O) groups excluding carboxylic acids is 1. The van der Waals surface area contributed by atoms with E-state index < -0.39 is 17.9 Å². The van der Waals surface area contributed by atoms with Gasteiger partial charge in [0.05, 0.1) is 12.3 Å².